The summed E-state index contributed by atoms with van der Waals surface area (Å²) in [5.74, 6) is -1.43. The Kier molecular flexibility index (Phi) is 5.37. The molecule has 0 spiro atoms. The van der Waals surface area contributed by atoms with Crippen molar-refractivity contribution in [3.05, 3.63) is 29.8 Å². The first-order chi connectivity index (χ1) is 11.7. The molecule has 3 amide bonds. The number of rotatable bonds is 5. The van der Waals surface area contributed by atoms with Crippen molar-refractivity contribution in [2.24, 2.45) is 10.7 Å². The maximum Gasteiger partial charge on any atom is 0.318 e. The molecule has 25 heavy (non-hydrogen) atoms. The molecular formula is C14H16N4O6S. The maximum atomic E-state index is 11.9. The lowest BCUT2D eigenvalue weighted by atomic mass is 10.2. The fourth-order valence-corrected chi connectivity index (χ4v) is 3.29. The van der Waals surface area contributed by atoms with Crippen LogP contribution in [-0.4, -0.2) is 44.8 Å². The smallest absolute Gasteiger partial charge is 0.318 e. The van der Waals surface area contributed by atoms with E-state index >= 15 is 0 Å². The fourth-order valence-electron chi connectivity index (χ4n) is 2.04. The molecule has 0 unspecified atom stereocenters. The van der Waals surface area contributed by atoms with E-state index in [1.165, 1.54) is 13.0 Å². The molecule has 0 aromatic heterocycles. The molecule has 1 atom stereocenters. The highest BCUT2D eigenvalue weighted by Crippen LogP contribution is 2.22. The molecule has 0 radical (unpaired) electrons. The molecule has 1 aliphatic rings. The molecule has 1 heterocycles. The number of primary amides is 1. The summed E-state index contributed by atoms with van der Waals surface area (Å²) in [4.78, 5) is 37.8. The molecule has 0 saturated heterocycles. The molecule has 0 fully saturated rings. The Morgan fingerprint density at radius 1 is 1.32 bits per heavy atom. The number of carbonyl (C=O) groups excluding carboxylic acids is 3. The van der Waals surface area contributed by atoms with Gasteiger partial charge in [0.05, 0.1) is 17.9 Å². The van der Waals surface area contributed by atoms with Crippen molar-refractivity contribution in [2.75, 3.05) is 6.54 Å². The standard InChI is InChI=1S/C14H16N4O6S/c1-8(13(20)17-14(15)21)24-11(19)6-7-16-12-9-4-2-3-5-10(9)25(22,23)18-12/h2-5,8H,6-7H2,1H3,(H,16,18)(H3,15,17,20,21)/t8-/m0/s1. The Bertz CT molecular complexity index is 849. The van der Waals surface area contributed by atoms with Crippen molar-refractivity contribution in [1.82, 2.24) is 10.0 Å². The first kappa shape index (κ1) is 18.4. The summed E-state index contributed by atoms with van der Waals surface area (Å²) in [6.45, 7) is 1.23. The van der Waals surface area contributed by atoms with Crippen molar-refractivity contribution in [2.45, 2.75) is 24.3 Å². The Morgan fingerprint density at radius 2 is 2.00 bits per heavy atom. The number of carbonyl (C=O) groups is 3. The van der Waals surface area contributed by atoms with Gasteiger partial charge in [0.15, 0.2) is 6.10 Å². The first-order valence-corrected chi connectivity index (χ1v) is 8.65. The maximum absolute atomic E-state index is 11.9. The minimum absolute atomic E-state index is 0.0464. The summed E-state index contributed by atoms with van der Waals surface area (Å²) in [5.41, 5.74) is 5.21. The van der Waals surface area contributed by atoms with Crippen LogP contribution < -0.4 is 15.8 Å². The van der Waals surface area contributed by atoms with Gasteiger partial charge in [-0.1, -0.05) is 12.1 Å². The van der Waals surface area contributed by atoms with Gasteiger partial charge < -0.3 is 10.5 Å². The molecule has 11 heteroatoms. The van der Waals surface area contributed by atoms with Crippen LogP contribution in [-0.2, 0) is 24.3 Å². The molecular weight excluding hydrogens is 352 g/mol. The predicted molar refractivity (Wildman–Crippen MR) is 86.1 cm³/mol. The summed E-state index contributed by atoms with van der Waals surface area (Å²) < 4.78 is 30.9. The van der Waals surface area contributed by atoms with E-state index in [0.717, 1.165) is 0 Å². The number of ether oxygens (including phenoxy) is 1. The zero-order valence-corrected chi connectivity index (χ0v) is 14.0. The highest BCUT2D eigenvalue weighted by molar-refractivity contribution is 7.90. The fraction of sp³-hybridized carbons (Fsp3) is 0.286. The molecule has 0 bridgehead atoms. The van der Waals surface area contributed by atoms with E-state index in [1.54, 1.807) is 23.5 Å². The first-order valence-electron chi connectivity index (χ1n) is 7.17. The van der Waals surface area contributed by atoms with Crippen LogP contribution in [0.1, 0.15) is 18.9 Å². The monoisotopic (exact) mass is 368 g/mol. The van der Waals surface area contributed by atoms with Gasteiger partial charge in [-0.25, -0.2) is 13.2 Å². The molecule has 0 aliphatic carbocycles. The second-order valence-corrected chi connectivity index (χ2v) is 6.72. The second kappa shape index (κ2) is 7.30. The Morgan fingerprint density at radius 3 is 2.68 bits per heavy atom. The van der Waals surface area contributed by atoms with E-state index in [-0.39, 0.29) is 23.7 Å². The van der Waals surface area contributed by atoms with Crippen LogP contribution in [0.5, 0.6) is 0 Å². The SMILES string of the molecule is C[C@H](OC(=O)CCN=C1NS(=O)(=O)c2ccccc21)C(=O)NC(N)=O. The third-order valence-corrected chi connectivity index (χ3v) is 4.57. The van der Waals surface area contributed by atoms with Crippen molar-refractivity contribution >= 4 is 33.8 Å². The quantitative estimate of drug-likeness (QED) is 0.580. The van der Waals surface area contributed by atoms with Crippen molar-refractivity contribution in [1.29, 1.82) is 0 Å². The number of amidine groups is 1. The minimum atomic E-state index is -3.64. The lowest BCUT2D eigenvalue weighted by Gasteiger charge is -2.11. The van der Waals surface area contributed by atoms with E-state index in [9.17, 15) is 22.8 Å². The number of fused-ring (bicyclic) bond motifs is 1. The predicted octanol–water partition coefficient (Wildman–Crippen LogP) is -0.758. The molecule has 2 rings (SSSR count). The summed E-state index contributed by atoms with van der Waals surface area (Å²) in [5, 5.41) is 1.79. The van der Waals surface area contributed by atoms with Crippen molar-refractivity contribution in [3.63, 3.8) is 0 Å². The largest absolute Gasteiger partial charge is 0.452 e. The number of aliphatic imine (C=N–C) groups is 1. The molecule has 134 valence electrons. The third-order valence-electron chi connectivity index (χ3n) is 3.17. The Hall–Kier alpha value is -2.95. The number of imide groups is 1. The number of nitrogens with zero attached hydrogens (tertiary/aromatic N) is 1. The van der Waals surface area contributed by atoms with Gasteiger partial charge in [-0.05, 0) is 19.1 Å². The van der Waals surface area contributed by atoms with Gasteiger partial charge in [-0.15, -0.1) is 0 Å². The van der Waals surface area contributed by atoms with E-state index < -0.39 is 34.0 Å². The van der Waals surface area contributed by atoms with Gasteiger partial charge in [0, 0.05) is 5.56 Å². The lowest BCUT2D eigenvalue weighted by molar-refractivity contribution is -0.154. The molecule has 10 nitrogen and oxygen atoms in total. The van der Waals surface area contributed by atoms with Crippen molar-refractivity contribution in [3.8, 4) is 0 Å². The summed E-state index contributed by atoms with van der Waals surface area (Å²) in [6, 6.07) is 5.26. The van der Waals surface area contributed by atoms with E-state index in [1.807, 2.05) is 0 Å². The van der Waals surface area contributed by atoms with Crippen LogP contribution in [0.25, 0.3) is 0 Å². The number of nitrogens with two attached hydrogens (primary N) is 1. The van der Waals surface area contributed by atoms with Gasteiger partial charge in [-0.3, -0.25) is 24.6 Å². The summed E-state index contributed by atoms with van der Waals surface area (Å²) in [7, 11) is -3.64. The zero-order valence-electron chi connectivity index (χ0n) is 13.2. The van der Waals surface area contributed by atoms with Crippen LogP contribution in [0.3, 0.4) is 0 Å². The number of sulfonamides is 1. The van der Waals surface area contributed by atoms with Crippen LogP contribution >= 0.6 is 0 Å². The molecule has 0 saturated carbocycles. The number of urea groups is 1. The lowest BCUT2D eigenvalue weighted by Crippen LogP contribution is -2.42. The molecule has 1 aromatic carbocycles. The number of hydrogen-bond acceptors (Lipinski definition) is 7. The molecule has 1 aromatic rings. The number of hydrogen-bond donors (Lipinski definition) is 3. The minimum Gasteiger partial charge on any atom is -0.452 e. The van der Waals surface area contributed by atoms with E-state index in [4.69, 9.17) is 10.5 Å². The number of amides is 3. The average Bonchev–Trinajstić information content (AvgIpc) is 2.78. The van der Waals surface area contributed by atoms with Crippen molar-refractivity contribution < 1.29 is 27.5 Å². The van der Waals surface area contributed by atoms with Crippen LogP contribution in [0.4, 0.5) is 4.79 Å². The number of nitrogens with one attached hydrogen (secondary N) is 2. The highest BCUT2D eigenvalue weighted by atomic mass is 32.2. The Labute approximate surface area is 143 Å². The summed E-state index contributed by atoms with van der Waals surface area (Å²) >= 11 is 0. The highest BCUT2D eigenvalue weighted by Gasteiger charge is 2.30. The third kappa shape index (κ3) is 4.53. The van der Waals surface area contributed by atoms with Crippen LogP contribution in [0, 0.1) is 0 Å². The van der Waals surface area contributed by atoms with Gasteiger partial charge in [0.25, 0.3) is 15.9 Å². The van der Waals surface area contributed by atoms with Gasteiger partial charge in [0.1, 0.15) is 5.84 Å². The topological polar surface area (TPSA) is 157 Å². The zero-order chi connectivity index (χ0) is 18.6. The Balaban J connectivity index is 1.93. The van der Waals surface area contributed by atoms with E-state index in [0.29, 0.717) is 5.56 Å². The van der Waals surface area contributed by atoms with Gasteiger partial charge in [-0.2, -0.15) is 0 Å². The molecule has 4 N–H and O–H groups in total. The number of benzene rings is 1. The summed E-state index contributed by atoms with van der Waals surface area (Å²) in [6.07, 6.45) is -1.37. The second-order valence-electron chi connectivity index (χ2n) is 5.07. The number of esters is 1. The van der Waals surface area contributed by atoms with Gasteiger partial charge >= 0.3 is 12.0 Å². The normalized spacial score (nSPS) is 17.2. The molecule has 1 aliphatic heterocycles. The van der Waals surface area contributed by atoms with Crippen LogP contribution in [0.15, 0.2) is 34.2 Å². The van der Waals surface area contributed by atoms with E-state index in [2.05, 4.69) is 9.71 Å². The van der Waals surface area contributed by atoms with Gasteiger partial charge in [0.2, 0.25) is 0 Å². The average molecular weight is 368 g/mol. The van der Waals surface area contributed by atoms with Crippen LogP contribution in [0.2, 0.25) is 0 Å².